The van der Waals surface area contributed by atoms with Crippen LogP contribution in [0.15, 0.2) is 73.1 Å². The van der Waals surface area contributed by atoms with Crippen LogP contribution in [-0.4, -0.2) is 16.1 Å². The highest BCUT2D eigenvalue weighted by Gasteiger charge is 2.08. The van der Waals surface area contributed by atoms with Crippen LogP contribution >= 0.6 is 0 Å². The number of rotatable bonds is 5. The van der Waals surface area contributed by atoms with Crippen molar-refractivity contribution in [1.82, 2.24) is 9.55 Å². The molecule has 0 saturated heterocycles. The van der Waals surface area contributed by atoms with Crippen molar-refractivity contribution in [3.63, 3.8) is 0 Å². The highest BCUT2D eigenvalue weighted by atomic mass is 15.2. The zero-order valence-electron chi connectivity index (χ0n) is 12.1. The van der Waals surface area contributed by atoms with E-state index in [1.54, 1.807) is 0 Å². The van der Waals surface area contributed by atoms with Gasteiger partial charge in [-0.15, -0.1) is 0 Å². The average Bonchev–Trinajstić information content (AvgIpc) is 3.03. The Bertz CT molecular complexity index is 674. The first-order valence-corrected chi connectivity index (χ1v) is 7.22. The number of anilines is 1. The molecule has 0 bridgehead atoms. The van der Waals surface area contributed by atoms with E-state index in [1.165, 1.54) is 5.56 Å². The number of aromatic nitrogens is 2. The highest BCUT2D eigenvalue weighted by Crippen LogP contribution is 2.17. The Kier molecular flexibility index (Phi) is 4.01. The summed E-state index contributed by atoms with van der Waals surface area (Å²) in [5.74, 6) is 1.32. The molecule has 0 aliphatic rings. The quantitative estimate of drug-likeness (QED) is 0.761. The molecule has 0 aliphatic heterocycles. The predicted octanol–water partition coefficient (Wildman–Crippen LogP) is 4.09. The first-order valence-electron chi connectivity index (χ1n) is 7.22. The summed E-state index contributed by atoms with van der Waals surface area (Å²) in [7, 11) is 0. The fraction of sp³-hybridized carbons (Fsp3) is 0.167. The monoisotopic (exact) mass is 277 g/mol. The lowest BCUT2D eigenvalue weighted by atomic mass is 10.0. The smallest absolute Gasteiger partial charge is 0.207 e. The number of benzene rings is 2. The SMILES string of the molecule is CC(CNc1nccn1-c1ccccc1)c1ccccc1. The zero-order valence-corrected chi connectivity index (χ0v) is 12.1. The van der Waals surface area contributed by atoms with Gasteiger partial charge in [-0.2, -0.15) is 0 Å². The zero-order chi connectivity index (χ0) is 14.5. The lowest BCUT2D eigenvalue weighted by Crippen LogP contribution is -2.13. The molecule has 0 spiro atoms. The molecule has 1 aromatic heterocycles. The average molecular weight is 277 g/mol. The topological polar surface area (TPSA) is 29.9 Å². The summed E-state index contributed by atoms with van der Waals surface area (Å²) < 4.78 is 2.07. The van der Waals surface area contributed by atoms with E-state index >= 15 is 0 Å². The summed E-state index contributed by atoms with van der Waals surface area (Å²) in [4.78, 5) is 4.41. The second-order valence-electron chi connectivity index (χ2n) is 5.15. The van der Waals surface area contributed by atoms with Crippen LogP contribution in [0, 0.1) is 0 Å². The van der Waals surface area contributed by atoms with Crippen molar-refractivity contribution in [2.45, 2.75) is 12.8 Å². The second-order valence-corrected chi connectivity index (χ2v) is 5.15. The van der Waals surface area contributed by atoms with E-state index in [4.69, 9.17) is 0 Å². The van der Waals surface area contributed by atoms with Crippen LogP contribution in [0.25, 0.3) is 5.69 Å². The molecular weight excluding hydrogens is 258 g/mol. The fourth-order valence-corrected chi connectivity index (χ4v) is 2.37. The molecule has 2 aromatic carbocycles. The van der Waals surface area contributed by atoms with E-state index < -0.39 is 0 Å². The summed E-state index contributed by atoms with van der Waals surface area (Å²) in [6.45, 7) is 3.08. The molecule has 1 N–H and O–H groups in total. The van der Waals surface area contributed by atoms with E-state index in [9.17, 15) is 0 Å². The number of imidazole rings is 1. The number of nitrogens with zero attached hydrogens (tertiary/aromatic N) is 2. The molecule has 1 unspecified atom stereocenters. The molecular formula is C18H19N3. The van der Waals surface area contributed by atoms with Crippen molar-refractivity contribution in [1.29, 1.82) is 0 Å². The first kappa shape index (κ1) is 13.4. The molecule has 3 rings (SSSR count). The summed E-state index contributed by atoms with van der Waals surface area (Å²) in [6.07, 6.45) is 3.80. The van der Waals surface area contributed by atoms with Crippen LogP contribution in [0.2, 0.25) is 0 Å². The molecule has 0 radical (unpaired) electrons. The Balaban J connectivity index is 1.71. The lowest BCUT2D eigenvalue weighted by Gasteiger charge is -2.14. The minimum atomic E-state index is 0.437. The van der Waals surface area contributed by atoms with Crippen LogP contribution in [0.1, 0.15) is 18.4 Å². The van der Waals surface area contributed by atoms with Crippen molar-refractivity contribution < 1.29 is 0 Å². The van der Waals surface area contributed by atoms with Gasteiger partial charge in [-0.05, 0) is 23.6 Å². The van der Waals surface area contributed by atoms with Crippen LogP contribution < -0.4 is 5.32 Å². The van der Waals surface area contributed by atoms with Crippen molar-refractivity contribution in [3.8, 4) is 5.69 Å². The van der Waals surface area contributed by atoms with Crippen molar-refractivity contribution in [2.75, 3.05) is 11.9 Å². The Hall–Kier alpha value is -2.55. The van der Waals surface area contributed by atoms with E-state index in [-0.39, 0.29) is 0 Å². The second kappa shape index (κ2) is 6.27. The van der Waals surface area contributed by atoms with Gasteiger partial charge in [-0.25, -0.2) is 4.98 Å². The third-order valence-corrected chi connectivity index (χ3v) is 3.61. The molecule has 1 heterocycles. The normalized spacial score (nSPS) is 12.0. The van der Waals surface area contributed by atoms with Gasteiger partial charge in [0.25, 0.3) is 0 Å². The lowest BCUT2D eigenvalue weighted by molar-refractivity contribution is 0.794. The standard InChI is InChI=1S/C18H19N3/c1-15(16-8-4-2-5-9-16)14-20-18-19-12-13-21(18)17-10-6-3-7-11-17/h2-13,15H,14H2,1H3,(H,19,20). The molecule has 3 aromatic rings. The largest absolute Gasteiger partial charge is 0.355 e. The first-order chi connectivity index (χ1) is 10.3. The molecule has 106 valence electrons. The number of para-hydroxylation sites is 1. The predicted molar refractivity (Wildman–Crippen MR) is 86.9 cm³/mol. The third-order valence-electron chi connectivity index (χ3n) is 3.61. The van der Waals surface area contributed by atoms with E-state index in [0.717, 1.165) is 18.2 Å². The molecule has 0 amide bonds. The van der Waals surface area contributed by atoms with Gasteiger partial charge in [0.15, 0.2) is 0 Å². The maximum absolute atomic E-state index is 4.41. The molecule has 3 nitrogen and oxygen atoms in total. The molecule has 0 fully saturated rings. The summed E-state index contributed by atoms with van der Waals surface area (Å²) in [5.41, 5.74) is 2.45. The summed E-state index contributed by atoms with van der Waals surface area (Å²) >= 11 is 0. The van der Waals surface area contributed by atoms with Crippen molar-refractivity contribution >= 4 is 5.95 Å². The molecule has 1 atom stereocenters. The summed E-state index contributed by atoms with van der Waals surface area (Å²) in [6, 6.07) is 20.8. The minimum Gasteiger partial charge on any atom is -0.355 e. The molecule has 0 saturated carbocycles. The molecule has 0 aliphatic carbocycles. The molecule has 21 heavy (non-hydrogen) atoms. The summed E-state index contributed by atoms with van der Waals surface area (Å²) in [5, 5.41) is 3.44. The van der Waals surface area contributed by atoms with Crippen molar-refractivity contribution in [3.05, 3.63) is 78.6 Å². The van der Waals surface area contributed by atoms with E-state index in [1.807, 2.05) is 36.7 Å². The maximum atomic E-state index is 4.41. The number of nitrogens with one attached hydrogen (secondary N) is 1. The Morgan fingerprint density at radius 2 is 1.67 bits per heavy atom. The third kappa shape index (κ3) is 3.14. The molecule has 3 heteroatoms. The minimum absolute atomic E-state index is 0.437. The van der Waals surface area contributed by atoms with E-state index in [0.29, 0.717) is 5.92 Å². The number of hydrogen-bond donors (Lipinski definition) is 1. The van der Waals surface area contributed by atoms with Gasteiger partial charge < -0.3 is 5.32 Å². The van der Waals surface area contributed by atoms with Gasteiger partial charge in [-0.3, -0.25) is 4.57 Å². The van der Waals surface area contributed by atoms with Crippen LogP contribution in [0.3, 0.4) is 0 Å². The van der Waals surface area contributed by atoms with Crippen LogP contribution in [-0.2, 0) is 0 Å². The number of hydrogen-bond acceptors (Lipinski definition) is 2. The Morgan fingerprint density at radius 3 is 2.38 bits per heavy atom. The van der Waals surface area contributed by atoms with E-state index in [2.05, 4.69) is 58.2 Å². The Morgan fingerprint density at radius 1 is 1.00 bits per heavy atom. The van der Waals surface area contributed by atoms with Crippen LogP contribution in [0.4, 0.5) is 5.95 Å². The van der Waals surface area contributed by atoms with Gasteiger partial charge in [0.1, 0.15) is 0 Å². The maximum Gasteiger partial charge on any atom is 0.207 e. The van der Waals surface area contributed by atoms with Gasteiger partial charge in [-0.1, -0.05) is 55.5 Å². The highest BCUT2D eigenvalue weighted by molar-refractivity contribution is 5.41. The van der Waals surface area contributed by atoms with Crippen LogP contribution in [0.5, 0.6) is 0 Å². The fourth-order valence-electron chi connectivity index (χ4n) is 2.37. The Labute approximate surface area is 125 Å². The van der Waals surface area contributed by atoms with Gasteiger partial charge in [0.05, 0.1) is 0 Å². The van der Waals surface area contributed by atoms with Crippen molar-refractivity contribution in [2.24, 2.45) is 0 Å². The van der Waals surface area contributed by atoms with Gasteiger partial charge in [0.2, 0.25) is 5.95 Å². The van der Waals surface area contributed by atoms with Gasteiger partial charge >= 0.3 is 0 Å². The van der Waals surface area contributed by atoms with Gasteiger partial charge in [0, 0.05) is 24.6 Å².